The van der Waals surface area contributed by atoms with Crippen LogP contribution in [0.3, 0.4) is 0 Å². The third-order valence-corrected chi connectivity index (χ3v) is 3.08. The Morgan fingerprint density at radius 3 is 2.00 bits per heavy atom. The first-order valence-corrected chi connectivity index (χ1v) is 6.45. The van der Waals surface area contributed by atoms with Gasteiger partial charge in [0.15, 0.2) is 0 Å². The summed E-state index contributed by atoms with van der Waals surface area (Å²) < 4.78 is 14.1. The van der Waals surface area contributed by atoms with Crippen molar-refractivity contribution in [2.24, 2.45) is 0 Å². The van der Waals surface area contributed by atoms with Crippen LogP contribution >= 0.6 is 0 Å². The monoisotopic (exact) mass is 225 g/mol. The van der Waals surface area contributed by atoms with Gasteiger partial charge in [-0.3, -0.25) is 0 Å². The number of nitrogens with zero attached hydrogens (tertiary/aromatic N) is 1. The molecule has 1 nitrogen and oxygen atoms in total. The minimum atomic E-state index is -0.179. The quantitative estimate of drug-likeness (QED) is 0.508. The predicted molar refractivity (Wildman–Crippen MR) is 66.8 cm³/mol. The number of rotatable bonds is 3. The molecule has 1 rings (SSSR count). The molecule has 1 aliphatic rings. The standard InChI is InChI=1S/C14H24FN/c1-11(2)16(12(3)4)14(15)10-13-8-6-5-7-9-13/h11-12H,5-9H2,1-4H3. The van der Waals surface area contributed by atoms with Crippen molar-refractivity contribution in [1.29, 1.82) is 0 Å². The van der Waals surface area contributed by atoms with Crippen molar-refractivity contribution in [3.8, 4) is 0 Å². The van der Waals surface area contributed by atoms with Crippen LogP contribution in [-0.4, -0.2) is 17.0 Å². The normalized spacial score (nSPS) is 16.6. The molecule has 0 aromatic carbocycles. The lowest BCUT2D eigenvalue weighted by Gasteiger charge is -2.30. The van der Waals surface area contributed by atoms with Crippen LogP contribution in [0.5, 0.6) is 0 Å². The van der Waals surface area contributed by atoms with Crippen molar-refractivity contribution in [1.82, 2.24) is 4.90 Å². The lowest BCUT2D eigenvalue weighted by molar-refractivity contribution is 0.181. The molecular formula is C14H24FN. The second-order valence-corrected chi connectivity index (χ2v) is 5.17. The van der Waals surface area contributed by atoms with Crippen molar-refractivity contribution >= 4 is 0 Å². The summed E-state index contributed by atoms with van der Waals surface area (Å²) in [5.74, 6) is -0.179. The topological polar surface area (TPSA) is 3.24 Å². The summed E-state index contributed by atoms with van der Waals surface area (Å²) in [5, 5.41) is 0. The first kappa shape index (κ1) is 13.3. The highest BCUT2D eigenvalue weighted by atomic mass is 19.1. The minimum Gasteiger partial charge on any atom is -0.337 e. The second-order valence-electron chi connectivity index (χ2n) is 5.17. The zero-order valence-corrected chi connectivity index (χ0v) is 11.0. The molecule has 0 unspecified atom stereocenters. The van der Waals surface area contributed by atoms with Gasteiger partial charge in [0.1, 0.15) is 0 Å². The van der Waals surface area contributed by atoms with Gasteiger partial charge >= 0.3 is 0 Å². The summed E-state index contributed by atoms with van der Waals surface area (Å²) in [6, 6.07) is 0.383. The molecule has 0 N–H and O–H groups in total. The molecule has 0 radical (unpaired) electrons. The number of halogens is 1. The van der Waals surface area contributed by atoms with Crippen LogP contribution in [0.25, 0.3) is 0 Å². The number of hydrogen-bond donors (Lipinski definition) is 0. The summed E-state index contributed by atoms with van der Waals surface area (Å²) in [6.45, 7) is 8.08. The zero-order valence-electron chi connectivity index (χ0n) is 11.0. The molecule has 0 saturated heterocycles. The zero-order chi connectivity index (χ0) is 12.1. The Balaban J connectivity index is 2.87. The van der Waals surface area contributed by atoms with Gasteiger partial charge in [0.05, 0.1) is 0 Å². The Morgan fingerprint density at radius 2 is 1.56 bits per heavy atom. The average Bonchev–Trinajstić information content (AvgIpc) is 2.17. The fourth-order valence-corrected chi connectivity index (χ4v) is 2.36. The second kappa shape index (κ2) is 6.10. The fourth-order valence-electron chi connectivity index (χ4n) is 2.36. The van der Waals surface area contributed by atoms with Crippen molar-refractivity contribution in [2.75, 3.05) is 0 Å². The first-order valence-electron chi connectivity index (χ1n) is 6.45. The molecule has 0 atom stereocenters. The maximum Gasteiger partial charge on any atom is 0.234 e. The van der Waals surface area contributed by atoms with Gasteiger partial charge in [0.25, 0.3) is 0 Å². The number of allylic oxidation sites excluding steroid dienone is 1. The highest BCUT2D eigenvalue weighted by Crippen LogP contribution is 2.23. The van der Waals surface area contributed by atoms with E-state index in [4.69, 9.17) is 0 Å². The van der Waals surface area contributed by atoms with E-state index in [1.54, 1.807) is 4.90 Å². The van der Waals surface area contributed by atoms with Gasteiger partial charge in [0.2, 0.25) is 5.95 Å². The first-order chi connectivity index (χ1) is 7.52. The summed E-state index contributed by atoms with van der Waals surface area (Å²) in [5.41, 5.74) is 4.14. The van der Waals surface area contributed by atoms with Crippen molar-refractivity contribution < 1.29 is 4.39 Å². The lowest BCUT2D eigenvalue weighted by atomic mass is 9.96. The Hall–Kier alpha value is -0.750. The Labute approximate surface area is 99.0 Å². The molecule has 1 aliphatic carbocycles. The average molecular weight is 225 g/mol. The van der Waals surface area contributed by atoms with E-state index in [1.807, 2.05) is 27.7 Å². The van der Waals surface area contributed by atoms with E-state index >= 15 is 0 Å². The van der Waals surface area contributed by atoms with E-state index in [1.165, 1.54) is 19.3 Å². The van der Waals surface area contributed by atoms with Gasteiger partial charge in [0, 0.05) is 12.1 Å². The summed E-state index contributed by atoms with van der Waals surface area (Å²) in [4.78, 5) is 1.79. The Bertz CT molecular complexity index is 269. The maximum absolute atomic E-state index is 14.1. The van der Waals surface area contributed by atoms with E-state index in [0.717, 1.165) is 18.4 Å². The molecule has 0 heterocycles. The van der Waals surface area contributed by atoms with E-state index < -0.39 is 0 Å². The molecule has 0 aromatic rings. The summed E-state index contributed by atoms with van der Waals surface area (Å²) >= 11 is 0. The molecule has 92 valence electrons. The molecule has 1 fully saturated rings. The van der Waals surface area contributed by atoms with Crippen molar-refractivity contribution in [3.63, 3.8) is 0 Å². The minimum absolute atomic E-state index is 0.179. The molecule has 0 spiro atoms. The fraction of sp³-hybridized carbons (Fsp3) is 0.786. The SMILES string of the molecule is CC(C)N(C(F)=C=C1CCCCC1)C(C)C. The van der Waals surface area contributed by atoms with Crippen LogP contribution < -0.4 is 0 Å². The third kappa shape index (κ3) is 3.68. The summed E-state index contributed by atoms with van der Waals surface area (Å²) in [7, 11) is 0. The van der Waals surface area contributed by atoms with Crippen LogP contribution in [0.2, 0.25) is 0 Å². The van der Waals surface area contributed by atoms with Crippen LogP contribution in [0.4, 0.5) is 4.39 Å². The molecular weight excluding hydrogens is 201 g/mol. The molecule has 0 bridgehead atoms. The van der Waals surface area contributed by atoms with E-state index in [2.05, 4.69) is 5.73 Å². The van der Waals surface area contributed by atoms with E-state index in [-0.39, 0.29) is 18.0 Å². The van der Waals surface area contributed by atoms with Crippen LogP contribution in [0.1, 0.15) is 59.8 Å². The highest BCUT2D eigenvalue weighted by molar-refractivity contribution is 5.07. The smallest absolute Gasteiger partial charge is 0.234 e. The number of hydrogen-bond acceptors (Lipinski definition) is 1. The van der Waals surface area contributed by atoms with Crippen LogP contribution in [-0.2, 0) is 0 Å². The van der Waals surface area contributed by atoms with E-state index in [0.29, 0.717) is 0 Å². The van der Waals surface area contributed by atoms with Gasteiger partial charge in [-0.2, -0.15) is 4.39 Å². The molecule has 0 aliphatic heterocycles. The van der Waals surface area contributed by atoms with Gasteiger partial charge in [-0.15, -0.1) is 0 Å². The molecule has 1 saturated carbocycles. The Morgan fingerprint density at radius 1 is 1.06 bits per heavy atom. The molecule has 0 amide bonds. The molecule has 0 aromatic heterocycles. The van der Waals surface area contributed by atoms with Crippen molar-refractivity contribution in [3.05, 3.63) is 17.3 Å². The van der Waals surface area contributed by atoms with Gasteiger partial charge in [-0.05, 0) is 59.0 Å². The maximum atomic E-state index is 14.1. The van der Waals surface area contributed by atoms with Crippen LogP contribution in [0.15, 0.2) is 17.3 Å². The third-order valence-electron chi connectivity index (χ3n) is 3.08. The lowest BCUT2D eigenvalue weighted by Crippen LogP contribution is -2.34. The summed E-state index contributed by atoms with van der Waals surface area (Å²) in [6.07, 6.45) is 5.72. The predicted octanol–water partition coefficient (Wildman–Crippen LogP) is 4.41. The molecule has 16 heavy (non-hydrogen) atoms. The van der Waals surface area contributed by atoms with Crippen molar-refractivity contribution in [2.45, 2.75) is 71.9 Å². The highest BCUT2D eigenvalue weighted by Gasteiger charge is 2.16. The van der Waals surface area contributed by atoms with Gasteiger partial charge in [-0.25, -0.2) is 0 Å². The Kier molecular flexibility index (Phi) is 5.08. The van der Waals surface area contributed by atoms with Crippen LogP contribution in [0, 0.1) is 0 Å². The van der Waals surface area contributed by atoms with Gasteiger partial charge in [-0.1, -0.05) is 12.2 Å². The largest absolute Gasteiger partial charge is 0.337 e. The van der Waals surface area contributed by atoms with Gasteiger partial charge < -0.3 is 4.90 Å². The van der Waals surface area contributed by atoms with E-state index in [9.17, 15) is 4.39 Å². The molecule has 2 heteroatoms.